The van der Waals surface area contributed by atoms with E-state index in [4.69, 9.17) is 4.74 Å². The van der Waals surface area contributed by atoms with Crippen LogP contribution in [-0.2, 0) is 15.5 Å². The Labute approximate surface area is 79.2 Å². The summed E-state index contributed by atoms with van der Waals surface area (Å²) in [6, 6.07) is 6.02. The maximum Gasteiger partial charge on any atom is 0.139 e. The molecule has 0 aliphatic heterocycles. The summed E-state index contributed by atoms with van der Waals surface area (Å²) in [6.45, 7) is 2.29. The van der Waals surface area contributed by atoms with Gasteiger partial charge < -0.3 is 4.74 Å². The molecule has 0 saturated carbocycles. The summed E-state index contributed by atoms with van der Waals surface area (Å²) in [6.07, 6.45) is 0. The van der Waals surface area contributed by atoms with Crippen LogP contribution in [0.5, 0.6) is 0 Å². The molecule has 0 heterocycles. The van der Waals surface area contributed by atoms with Crippen molar-refractivity contribution in [3.05, 3.63) is 30.1 Å². The molecule has 0 bridgehead atoms. The van der Waals surface area contributed by atoms with Crippen molar-refractivity contribution in [3.8, 4) is 0 Å². The second-order valence-corrected chi connectivity index (χ2v) is 3.75. The summed E-state index contributed by atoms with van der Waals surface area (Å²) >= 11 is 0. The van der Waals surface area contributed by atoms with Gasteiger partial charge in [0.15, 0.2) is 0 Å². The first-order chi connectivity index (χ1) is 6.25. The van der Waals surface area contributed by atoms with Crippen molar-refractivity contribution in [2.45, 2.75) is 11.8 Å². The van der Waals surface area contributed by atoms with Gasteiger partial charge >= 0.3 is 0 Å². The summed E-state index contributed by atoms with van der Waals surface area (Å²) < 4.78 is 29.3. The third kappa shape index (κ3) is 2.90. The number of hydrogen-bond donors (Lipinski definition) is 0. The van der Waals surface area contributed by atoms with Gasteiger partial charge in [0, 0.05) is 6.61 Å². The van der Waals surface area contributed by atoms with E-state index in [2.05, 4.69) is 0 Å². The normalized spacial score (nSPS) is 12.8. The van der Waals surface area contributed by atoms with Crippen molar-refractivity contribution < 1.29 is 13.3 Å². The highest BCUT2D eigenvalue weighted by Crippen LogP contribution is 2.11. The van der Waals surface area contributed by atoms with Crippen molar-refractivity contribution in [2.75, 3.05) is 12.5 Å². The van der Waals surface area contributed by atoms with Gasteiger partial charge in [-0.25, -0.2) is 4.39 Å². The lowest BCUT2D eigenvalue weighted by Crippen LogP contribution is -2.04. The lowest BCUT2D eigenvalue weighted by atomic mass is 10.4. The average Bonchev–Trinajstić information content (AvgIpc) is 2.15. The Morgan fingerprint density at radius 1 is 1.46 bits per heavy atom. The number of halogens is 1. The first kappa shape index (κ1) is 10.3. The van der Waals surface area contributed by atoms with Crippen molar-refractivity contribution in [3.63, 3.8) is 0 Å². The Kier molecular flexibility index (Phi) is 4.05. The first-order valence-electron chi connectivity index (χ1n) is 3.96. The van der Waals surface area contributed by atoms with Crippen LogP contribution in [-0.4, -0.2) is 16.8 Å². The van der Waals surface area contributed by atoms with E-state index in [1.165, 1.54) is 12.1 Å². The number of hydrogen-bond acceptors (Lipinski definition) is 2. The van der Waals surface area contributed by atoms with Crippen LogP contribution in [0.3, 0.4) is 0 Å². The summed E-state index contributed by atoms with van der Waals surface area (Å²) in [5, 5.41) is 0. The molecule has 0 aliphatic rings. The van der Waals surface area contributed by atoms with E-state index >= 15 is 0 Å². The maximum absolute atomic E-state index is 13.0. The molecule has 0 amide bonds. The summed E-state index contributed by atoms with van der Waals surface area (Å²) in [5.74, 6) is -0.391. The lowest BCUT2D eigenvalue weighted by Gasteiger charge is -2.02. The average molecular weight is 202 g/mol. The minimum Gasteiger partial charge on any atom is -0.368 e. The molecule has 1 rings (SSSR count). The highest BCUT2D eigenvalue weighted by Gasteiger charge is 2.08. The third-order valence-corrected chi connectivity index (χ3v) is 2.68. The van der Waals surface area contributed by atoms with Crippen LogP contribution in [0.4, 0.5) is 4.39 Å². The fraction of sp³-hybridized carbons (Fsp3) is 0.333. The van der Waals surface area contributed by atoms with Crippen LogP contribution < -0.4 is 0 Å². The zero-order valence-corrected chi connectivity index (χ0v) is 8.14. The van der Waals surface area contributed by atoms with Gasteiger partial charge in [-0.3, -0.25) is 4.21 Å². The number of benzene rings is 1. The van der Waals surface area contributed by atoms with Crippen molar-refractivity contribution in [1.29, 1.82) is 0 Å². The van der Waals surface area contributed by atoms with Gasteiger partial charge in [-0.05, 0) is 19.1 Å². The third-order valence-electron chi connectivity index (χ3n) is 1.48. The quantitative estimate of drug-likeness (QED) is 0.745. The van der Waals surface area contributed by atoms with Gasteiger partial charge in [0.05, 0.1) is 15.7 Å². The molecule has 13 heavy (non-hydrogen) atoms. The highest BCUT2D eigenvalue weighted by atomic mass is 32.2. The van der Waals surface area contributed by atoms with E-state index in [0.717, 1.165) is 0 Å². The Morgan fingerprint density at radius 2 is 2.15 bits per heavy atom. The predicted octanol–water partition coefficient (Wildman–Crippen LogP) is 1.93. The molecule has 1 aromatic rings. The standard InChI is InChI=1S/C9H11FO2S/c1-2-12-7-13(11)9-6-4-3-5-8(9)10/h3-6H,2,7H2,1H3. The molecule has 0 aromatic heterocycles. The lowest BCUT2D eigenvalue weighted by molar-refractivity contribution is 0.195. The molecular formula is C9H11FO2S. The molecule has 0 aliphatic carbocycles. The van der Waals surface area contributed by atoms with Gasteiger partial charge in [-0.15, -0.1) is 0 Å². The Morgan fingerprint density at radius 3 is 2.77 bits per heavy atom. The van der Waals surface area contributed by atoms with Gasteiger partial charge in [0.25, 0.3) is 0 Å². The first-order valence-corrected chi connectivity index (χ1v) is 5.28. The number of ether oxygens (including phenoxy) is 1. The highest BCUT2D eigenvalue weighted by molar-refractivity contribution is 7.84. The van der Waals surface area contributed by atoms with E-state index < -0.39 is 16.6 Å². The molecule has 0 radical (unpaired) electrons. The SMILES string of the molecule is CCOCS(=O)c1ccccc1F. The zero-order chi connectivity index (χ0) is 9.68. The number of rotatable bonds is 4. The van der Waals surface area contributed by atoms with Crippen LogP contribution in [0.15, 0.2) is 29.2 Å². The maximum atomic E-state index is 13.0. The largest absolute Gasteiger partial charge is 0.368 e. The molecular weight excluding hydrogens is 191 g/mol. The van der Waals surface area contributed by atoms with Crippen LogP contribution in [0.2, 0.25) is 0 Å². The van der Waals surface area contributed by atoms with Crippen LogP contribution in [0.1, 0.15) is 6.92 Å². The van der Waals surface area contributed by atoms with Gasteiger partial charge in [0.1, 0.15) is 11.8 Å². The summed E-state index contributed by atoms with van der Waals surface area (Å²) in [7, 11) is -1.39. The fourth-order valence-corrected chi connectivity index (χ4v) is 1.81. The van der Waals surface area contributed by atoms with E-state index in [1.54, 1.807) is 19.1 Å². The molecule has 0 fully saturated rings. The molecule has 0 spiro atoms. The molecule has 2 nitrogen and oxygen atoms in total. The smallest absolute Gasteiger partial charge is 0.139 e. The van der Waals surface area contributed by atoms with Gasteiger partial charge in [-0.1, -0.05) is 12.1 Å². The second kappa shape index (κ2) is 5.09. The monoisotopic (exact) mass is 202 g/mol. The van der Waals surface area contributed by atoms with E-state index in [9.17, 15) is 8.60 Å². The molecule has 4 heteroatoms. The van der Waals surface area contributed by atoms with Crippen molar-refractivity contribution in [2.24, 2.45) is 0 Å². The molecule has 0 N–H and O–H groups in total. The molecule has 72 valence electrons. The van der Waals surface area contributed by atoms with E-state index in [1.807, 2.05) is 0 Å². The van der Waals surface area contributed by atoms with E-state index in [-0.39, 0.29) is 10.8 Å². The second-order valence-electron chi connectivity index (χ2n) is 2.39. The van der Waals surface area contributed by atoms with Gasteiger partial charge in [-0.2, -0.15) is 0 Å². The van der Waals surface area contributed by atoms with Crippen molar-refractivity contribution >= 4 is 10.8 Å². The Hall–Kier alpha value is -0.740. The Balaban J connectivity index is 2.71. The topological polar surface area (TPSA) is 26.3 Å². The van der Waals surface area contributed by atoms with E-state index in [0.29, 0.717) is 6.61 Å². The molecule has 1 unspecified atom stereocenters. The summed E-state index contributed by atoms with van der Waals surface area (Å²) in [5.41, 5.74) is 0. The van der Waals surface area contributed by atoms with Crippen LogP contribution in [0, 0.1) is 5.82 Å². The van der Waals surface area contributed by atoms with Crippen LogP contribution >= 0.6 is 0 Å². The molecule has 1 aromatic carbocycles. The van der Waals surface area contributed by atoms with Crippen LogP contribution in [0.25, 0.3) is 0 Å². The van der Waals surface area contributed by atoms with Gasteiger partial charge in [0.2, 0.25) is 0 Å². The minimum atomic E-state index is -1.39. The fourth-order valence-electron chi connectivity index (χ4n) is 0.852. The summed E-state index contributed by atoms with van der Waals surface area (Å²) in [4.78, 5) is 0.205. The predicted molar refractivity (Wildman–Crippen MR) is 49.3 cm³/mol. The minimum absolute atomic E-state index is 0.0530. The molecule has 0 saturated heterocycles. The Bertz CT molecular complexity index is 301. The molecule has 1 atom stereocenters. The zero-order valence-electron chi connectivity index (χ0n) is 7.33. The van der Waals surface area contributed by atoms with Crippen molar-refractivity contribution in [1.82, 2.24) is 0 Å².